The van der Waals surface area contributed by atoms with Crippen molar-refractivity contribution in [3.8, 4) is 5.75 Å². The van der Waals surface area contributed by atoms with Crippen LogP contribution < -0.4 is 10.1 Å². The van der Waals surface area contributed by atoms with E-state index < -0.39 is 12.1 Å². The monoisotopic (exact) mass is 346 g/mol. The molecular weight excluding hydrogens is 328 g/mol. The molecule has 0 unspecified atom stereocenters. The number of thiazole rings is 1. The number of fused-ring (bicyclic) bond motifs is 1. The summed E-state index contributed by atoms with van der Waals surface area (Å²) in [6.07, 6.45) is 0.566. The fraction of sp³-hybridized carbons (Fsp3) is 0.353. The number of aryl methyl sites for hydroxylation is 2. The van der Waals surface area contributed by atoms with Crippen molar-refractivity contribution in [1.82, 2.24) is 10.3 Å². The van der Waals surface area contributed by atoms with Gasteiger partial charge in [-0.3, -0.25) is 4.79 Å². The average molecular weight is 346 g/mol. The van der Waals surface area contributed by atoms with Gasteiger partial charge in [0.25, 0.3) is 5.91 Å². The molecule has 0 aliphatic carbocycles. The highest BCUT2D eigenvalue weighted by atomic mass is 32.1. The minimum Gasteiger partial charge on any atom is -0.480 e. The quantitative estimate of drug-likeness (QED) is 0.866. The summed E-state index contributed by atoms with van der Waals surface area (Å²) in [6.45, 7) is 4.47. The van der Waals surface area contributed by atoms with Crippen LogP contribution in [0.2, 0.25) is 0 Å². The van der Waals surface area contributed by atoms with Crippen molar-refractivity contribution in [3.05, 3.63) is 44.9 Å². The van der Waals surface area contributed by atoms with Gasteiger partial charge in [-0.15, -0.1) is 11.3 Å². The van der Waals surface area contributed by atoms with E-state index in [0.717, 1.165) is 16.9 Å². The second-order valence-electron chi connectivity index (χ2n) is 5.83. The van der Waals surface area contributed by atoms with E-state index in [-0.39, 0.29) is 11.6 Å². The molecule has 3 rings (SSSR count). The highest BCUT2D eigenvalue weighted by Crippen LogP contribution is 2.31. The minimum absolute atomic E-state index is 0.0432. The maximum absolute atomic E-state index is 12.2. The Balaban J connectivity index is 1.52. The Labute approximate surface area is 143 Å². The van der Waals surface area contributed by atoms with Gasteiger partial charge in [0.2, 0.25) is 0 Å². The van der Waals surface area contributed by atoms with Crippen LogP contribution >= 0.6 is 11.3 Å². The lowest BCUT2D eigenvalue weighted by Gasteiger charge is -2.11. The van der Waals surface area contributed by atoms with E-state index in [4.69, 9.17) is 9.84 Å². The zero-order valence-electron chi connectivity index (χ0n) is 13.5. The highest BCUT2D eigenvalue weighted by Gasteiger charge is 2.29. The van der Waals surface area contributed by atoms with E-state index in [1.807, 2.05) is 19.9 Å². The number of nitrogens with zero attached hydrogens (tertiary/aromatic N) is 1. The van der Waals surface area contributed by atoms with Crippen molar-refractivity contribution >= 4 is 23.2 Å². The van der Waals surface area contributed by atoms with E-state index in [1.54, 1.807) is 0 Å². The molecule has 2 aromatic rings. The molecule has 1 aliphatic heterocycles. The number of aromatic nitrogens is 1. The lowest BCUT2D eigenvalue weighted by molar-refractivity contribution is -0.127. The maximum atomic E-state index is 12.2. The van der Waals surface area contributed by atoms with E-state index in [2.05, 4.69) is 16.4 Å². The standard InChI is InChI=1S/C17H18N2O4S/c1-9-5-11-7-14(23-13(11)6-10(9)2)16(20)18-4-3-15-19-12(8-24-15)17(21)22/h5-6,8,14H,3-4,7H2,1-2H3,(H,18,20)(H,21,22)/t14-/m0/s1. The van der Waals surface area contributed by atoms with Crippen LogP contribution in [0.15, 0.2) is 17.5 Å². The highest BCUT2D eigenvalue weighted by molar-refractivity contribution is 7.09. The Hall–Kier alpha value is -2.41. The van der Waals surface area contributed by atoms with Crippen molar-refractivity contribution in [2.24, 2.45) is 0 Å². The van der Waals surface area contributed by atoms with Crippen molar-refractivity contribution in [1.29, 1.82) is 0 Å². The second-order valence-corrected chi connectivity index (χ2v) is 6.77. The van der Waals surface area contributed by atoms with Crippen LogP contribution in [0.5, 0.6) is 5.75 Å². The molecule has 7 heteroatoms. The SMILES string of the molecule is Cc1cc2c(cc1C)O[C@H](C(=O)NCCc1nc(C(=O)O)cs1)C2. The smallest absolute Gasteiger partial charge is 0.355 e. The van der Waals surface area contributed by atoms with E-state index in [1.165, 1.54) is 22.3 Å². The van der Waals surface area contributed by atoms with Crippen LogP contribution in [0, 0.1) is 13.8 Å². The Morgan fingerprint density at radius 1 is 1.38 bits per heavy atom. The molecule has 1 amide bonds. The predicted octanol–water partition coefficient (Wildman–Crippen LogP) is 2.12. The van der Waals surface area contributed by atoms with Crippen molar-refractivity contribution in [3.63, 3.8) is 0 Å². The minimum atomic E-state index is -1.04. The van der Waals surface area contributed by atoms with Crippen molar-refractivity contribution in [2.45, 2.75) is 32.8 Å². The predicted molar refractivity (Wildman–Crippen MR) is 89.8 cm³/mol. The first-order valence-electron chi connectivity index (χ1n) is 7.66. The first-order valence-corrected chi connectivity index (χ1v) is 8.54. The van der Waals surface area contributed by atoms with Crippen LogP contribution in [-0.4, -0.2) is 34.6 Å². The number of amides is 1. The Kier molecular flexibility index (Phi) is 4.53. The molecule has 0 saturated heterocycles. The Morgan fingerprint density at radius 3 is 2.83 bits per heavy atom. The molecule has 24 heavy (non-hydrogen) atoms. The molecule has 0 radical (unpaired) electrons. The molecule has 0 bridgehead atoms. The average Bonchev–Trinajstić information content (AvgIpc) is 3.14. The molecular formula is C17H18N2O4S. The molecule has 6 nitrogen and oxygen atoms in total. The first kappa shape index (κ1) is 16.4. The number of benzene rings is 1. The molecule has 2 N–H and O–H groups in total. The summed E-state index contributed by atoms with van der Waals surface area (Å²) in [5, 5.41) is 13.9. The largest absolute Gasteiger partial charge is 0.480 e. The molecule has 1 aliphatic rings. The normalized spacial score (nSPS) is 15.7. The van der Waals surface area contributed by atoms with Gasteiger partial charge in [-0.05, 0) is 36.6 Å². The number of carboxylic acid groups (broad SMARTS) is 1. The van der Waals surface area contributed by atoms with Crippen LogP contribution in [0.4, 0.5) is 0 Å². The van der Waals surface area contributed by atoms with E-state index in [0.29, 0.717) is 24.4 Å². The van der Waals surface area contributed by atoms with Gasteiger partial charge < -0.3 is 15.2 Å². The zero-order chi connectivity index (χ0) is 17.3. The van der Waals surface area contributed by atoms with Gasteiger partial charge >= 0.3 is 5.97 Å². The summed E-state index contributed by atoms with van der Waals surface area (Å²) in [7, 11) is 0. The van der Waals surface area contributed by atoms with E-state index >= 15 is 0 Å². The van der Waals surface area contributed by atoms with Gasteiger partial charge in [0.15, 0.2) is 11.8 Å². The van der Waals surface area contributed by atoms with Gasteiger partial charge in [-0.2, -0.15) is 0 Å². The van der Waals surface area contributed by atoms with Gasteiger partial charge in [0.05, 0.1) is 5.01 Å². The van der Waals surface area contributed by atoms with Gasteiger partial charge in [-0.25, -0.2) is 9.78 Å². The fourth-order valence-electron chi connectivity index (χ4n) is 2.59. The third-order valence-corrected chi connectivity index (χ3v) is 4.96. The van der Waals surface area contributed by atoms with Crippen LogP contribution in [0.1, 0.15) is 32.2 Å². The Morgan fingerprint density at radius 2 is 2.12 bits per heavy atom. The first-order chi connectivity index (χ1) is 11.4. The maximum Gasteiger partial charge on any atom is 0.355 e. The zero-order valence-corrected chi connectivity index (χ0v) is 14.3. The lowest BCUT2D eigenvalue weighted by atomic mass is 10.0. The van der Waals surface area contributed by atoms with Crippen molar-refractivity contribution in [2.75, 3.05) is 6.54 Å². The lowest BCUT2D eigenvalue weighted by Crippen LogP contribution is -2.38. The number of nitrogens with one attached hydrogen (secondary N) is 1. The van der Waals surface area contributed by atoms with Crippen LogP contribution in [0.3, 0.4) is 0 Å². The number of aromatic carboxylic acids is 1. The summed E-state index contributed by atoms with van der Waals surface area (Å²) in [5.41, 5.74) is 3.44. The molecule has 126 valence electrons. The van der Waals surface area contributed by atoms with Crippen molar-refractivity contribution < 1.29 is 19.4 Å². The summed E-state index contributed by atoms with van der Waals surface area (Å²) < 4.78 is 5.74. The molecule has 1 aromatic carbocycles. The van der Waals surface area contributed by atoms with Gasteiger partial charge in [0, 0.05) is 24.8 Å². The third kappa shape index (κ3) is 3.41. The third-order valence-electron chi connectivity index (χ3n) is 4.05. The molecule has 2 heterocycles. The molecule has 1 atom stereocenters. The molecule has 0 fully saturated rings. The summed E-state index contributed by atoms with van der Waals surface area (Å²) >= 11 is 1.28. The number of carboxylic acids is 1. The fourth-order valence-corrected chi connectivity index (χ4v) is 3.36. The molecule has 0 saturated carbocycles. The van der Waals surface area contributed by atoms with Crippen LogP contribution in [0.25, 0.3) is 0 Å². The number of hydrogen-bond acceptors (Lipinski definition) is 5. The molecule has 0 spiro atoms. The number of rotatable bonds is 5. The number of hydrogen-bond donors (Lipinski definition) is 2. The van der Waals surface area contributed by atoms with E-state index in [9.17, 15) is 9.59 Å². The summed E-state index contributed by atoms with van der Waals surface area (Å²) in [4.78, 5) is 27.0. The van der Waals surface area contributed by atoms with Gasteiger partial charge in [-0.1, -0.05) is 6.07 Å². The van der Waals surface area contributed by atoms with Crippen LogP contribution in [-0.2, 0) is 17.6 Å². The number of ether oxygens (including phenoxy) is 1. The van der Waals surface area contributed by atoms with Gasteiger partial charge in [0.1, 0.15) is 5.75 Å². The number of carbonyl (C=O) groups excluding carboxylic acids is 1. The summed E-state index contributed by atoms with van der Waals surface area (Å²) in [6, 6.07) is 4.04. The summed E-state index contributed by atoms with van der Waals surface area (Å²) in [5.74, 6) is -0.412. The molecule has 1 aromatic heterocycles. The number of carbonyl (C=O) groups is 2. The Bertz CT molecular complexity index is 769. The topological polar surface area (TPSA) is 88.5 Å². The second kappa shape index (κ2) is 6.60.